The second kappa shape index (κ2) is 11.8. The maximum absolute atomic E-state index is 14.7. The molecule has 3 aromatic carbocycles. The number of nitrogens with one attached hydrogen (secondary N) is 5. The van der Waals surface area contributed by atoms with E-state index in [-0.39, 0.29) is 29.8 Å². The first kappa shape index (κ1) is 28.3. The highest BCUT2D eigenvalue weighted by atomic mass is 35.5. The molecule has 4 aromatic rings. The Labute approximate surface area is 253 Å². The third-order valence-corrected chi connectivity index (χ3v) is 7.55. The average Bonchev–Trinajstić information content (AvgIpc) is 3.15. The van der Waals surface area contributed by atoms with Gasteiger partial charge in [0.25, 0.3) is 5.91 Å². The number of guanidine groups is 1. The Bertz CT molecular complexity index is 1840. The maximum atomic E-state index is 14.7. The fraction of sp³-hybridized carbons (Fsp3) is 0.188. The van der Waals surface area contributed by atoms with Crippen LogP contribution in [0.15, 0.2) is 66.9 Å². The summed E-state index contributed by atoms with van der Waals surface area (Å²) in [5.74, 6) is -0.228. The predicted molar refractivity (Wildman–Crippen MR) is 168 cm³/mol. The molecular formula is C32H30ClFN8O. The van der Waals surface area contributed by atoms with E-state index in [0.717, 1.165) is 10.4 Å². The number of fused-ring (bicyclic) bond motifs is 2. The maximum Gasteiger partial charge on any atom is 0.257 e. The van der Waals surface area contributed by atoms with E-state index in [4.69, 9.17) is 17.0 Å². The molecule has 2 aliphatic rings. The van der Waals surface area contributed by atoms with Gasteiger partial charge in [-0.15, -0.1) is 0 Å². The van der Waals surface area contributed by atoms with E-state index in [9.17, 15) is 9.18 Å². The zero-order chi connectivity index (χ0) is 30.1. The van der Waals surface area contributed by atoms with Crippen molar-refractivity contribution < 1.29 is 9.18 Å². The molecule has 0 radical (unpaired) electrons. The van der Waals surface area contributed by atoms with Gasteiger partial charge in [0.2, 0.25) is 5.95 Å². The van der Waals surface area contributed by atoms with E-state index >= 15 is 0 Å². The van der Waals surface area contributed by atoms with Gasteiger partial charge in [-0.05, 0) is 73.2 Å². The summed E-state index contributed by atoms with van der Waals surface area (Å²) in [6, 6.07) is 17.5. The van der Waals surface area contributed by atoms with Crippen LogP contribution < -0.4 is 31.7 Å². The molecule has 2 atom stereocenters. The van der Waals surface area contributed by atoms with E-state index in [1.165, 1.54) is 6.07 Å². The number of aromatic nitrogens is 2. The summed E-state index contributed by atoms with van der Waals surface area (Å²) in [5.41, 5.74) is 3.55. The lowest BCUT2D eigenvalue weighted by atomic mass is 10.0. The van der Waals surface area contributed by atoms with Crippen molar-refractivity contribution in [3.63, 3.8) is 0 Å². The second-order valence-corrected chi connectivity index (χ2v) is 11.2. The number of rotatable bonds is 4. The Balaban J connectivity index is 1.19. The van der Waals surface area contributed by atoms with Gasteiger partial charge in [0.15, 0.2) is 5.96 Å². The number of hydrogen-bond donors (Lipinski definition) is 5. The van der Waals surface area contributed by atoms with Gasteiger partial charge in [-0.25, -0.2) is 14.4 Å². The Morgan fingerprint density at radius 2 is 1.81 bits per heavy atom. The van der Waals surface area contributed by atoms with Crippen LogP contribution in [-0.4, -0.2) is 51.9 Å². The molecule has 0 aliphatic carbocycles. The molecule has 11 heteroatoms. The average molecular weight is 597 g/mol. The molecule has 9 nitrogen and oxygen atoms in total. The Kier molecular flexibility index (Phi) is 7.79. The number of benzene rings is 3. The second-order valence-electron chi connectivity index (χ2n) is 10.7. The lowest BCUT2D eigenvalue weighted by molar-refractivity contribution is 0.0969. The number of piperazine rings is 1. The summed E-state index contributed by atoms with van der Waals surface area (Å²) < 4.78 is 14.7. The topological polar surface area (TPSA) is 118 Å². The lowest BCUT2D eigenvalue weighted by Crippen LogP contribution is -2.58. The minimum absolute atomic E-state index is 0.0942. The minimum atomic E-state index is -0.347. The van der Waals surface area contributed by atoms with Crippen molar-refractivity contribution in [2.24, 2.45) is 0 Å². The molecule has 1 aromatic heterocycles. The smallest absolute Gasteiger partial charge is 0.257 e. The zero-order valence-electron chi connectivity index (χ0n) is 23.6. The third kappa shape index (κ3) is 6.20. The molecular weight excluding hydrogens is 567 g/mol. The Morgan fingerprint density at radius 3 is 2.56 bits per heavy atom. The summed E-state index contributed by atoms with van der Waals surface area (Å²) in [7, 11) is 0. The number of amides is 1. The molecule has 218 valence electrons. The standard InChI is InChI=1S/C32H30ClFN8O/c1-18-16-42(17-19(2)38-18)31(35)41-30(43)20-7-9-23(10-8-20)39-32-37-15-29-28(40-32)12-21-11-22(33)13-25(26(21)14-36-29)24-5-3-4-6-27(24)34/h3-15,18-19,36,38H,16-17H2,1-2H3,(H2,35,41,43)(H,37,39,40). The van der Waals surface area contributed by atoms with Crippen LogP contribution in [0.25, 0.3) is 23.4 Å². The van der Waals surface area contributed by atoms with Gasteiger partial charge in [-0.1, -0.05) is 29.8 Å². The largest absolute Gasteiger partial charge is 0.358 e. The van der Waals surface area contributed by atoms with E-state index < -0.39 is 0 Å². The van der Waals surface area contributed by atoms with Crippen molar-refractivity contribution in [2.45, 2.75) is 25.9 Å². The molecule has 43 heavy (non-hydrogen) atoms. The van der Waals surface area contributed by atoms with Gasteiger partial charge in [0, 0.05) is 58.4 Å². The molecule has 1 saturated heterocycles. The molecule has 0 saturated carbocycles. The van der Waals surface area contributed by atoms with E-state index in [1.807, 2.05) is 17.0 Å². The summed E-state index contributed by atoms with van der Waals surface area (Å²) in [5, 5.41) is 22.9. The monoisotopic (exact) mass is 596 g/mol. The summed E-state index contributed by atoms with van der Waals surface area (Å²) in [6.45, 7) is 5.43. The number of hydrogen-bond acceptors (Lipinski definition) is 7. The van der Waals surface area contributed by atoms with Gasteiger partial charge < -0.3 is 20.9 Å². The number of anilines is 3. The van der Waals surface area contributed by atoms with E-state index in [0.29, 0.717) is 57.8 Å². The summed E-state index contributed by atoms with van der Waals surface area (Å²) in [4.78, 5) is 23.8. The molecule has 2 aliphatic heterocycles. The molecule has 6 rings (SSSR count). The number of carbonyl (C=O) groups excluding carboxylic acids is 1. The van der Waals surface area contributed by atoms with E-state index in [1.54, 1.807) is 60.9 Å². The molecule has 0 bridgehead atoms. The summed E-state index contributed by atoms with van der Waals surface area (Å²) >= 11 is 6.45. The predicted octanol–water partition coefficient (Wildman–Crippen LogP) is 4.02. The molecule has 3 heterocycles. The van der Waals surface area contributed by atoms with Gasteiger partial charge in [0.05, 0.1) is 17.6 Å². The first-order valence-electron chi connectivity index (χ1n) is 13.9. The lowest BCUT2D eigenvalue weighted by Gasteiger charge is -2.37. The van der Waals surface area contributed by atoms with Crippen molar-refractivity contribution >= 4 is 53.1 Å². The van der Waals surface area contributed by atoms with Crippen molar-refractivity contribution in [1.29, 1.82) is 5.41 Å². The highest BCUT2D eigenvalue weighted by Gasteiger charge is 2.24. The fourth-order valence-corrected chi connectivity index (χ4v) is 5.62. The number of halogens is 2. The molecule has 1 amide bonds. The van der Waals surface area contributed by atoms with Crippen LogP contribution in [0.1, 0.15) is 29.9 Å². The van der Waals surface area contributed by atoms with Crippen LogP contribution in [0.4, 0.5) is 21.7 Å². The van der Waals surface area contributed by atoms with Gasteiger partial charge >= 0.3 is 0 Å². The van der Waals surface area contributed by atoms with Crippen LogP contribution in [0, 0.1) is 11.2 Å². The van der Waals surface area contributed by atoms with Crippen LogP contribution in [-0.2, 0) is 0 Å². The minimum Gasteiger partial charge on any atom is -0.358 e. The quantitative estimate of drug-likeness (QED) is 0.178. The Hall–Kier alpha value is -4.80. The highest BCUT2D eigenvalue weighted by Crippen LogP contribution is 2.23. The van der Waals surface area contributed by atoms with Crippen LogP contribution in [0.2, 0.25) is 5.02 Å². The molecule has 2 unspecified atom stereocenters. The van der Waals surface area contributed by atoms with Crippen LogP contribution in [0.5, 0.6) is 0 Å². The third-order valence-electron chi connectivity index (χ3n) is 7.33. The first-order chi connectivity index (χ1) is 20.7. The van der Waals surface area contributed by atoms with Gasteiger partial charge in [-0.3, -0.25) is 15.5 Å². The van der Waals surface area contributed by atoms with Crippen molar-refractivity contribution in [3.8, 4) is 11.1 Å². The number of nitrogens with zero attached hydrogens (tertiary/aromatic N) is 3. The zero-order valence-corrected chi connectivity index (χ0v) is 24.3. The van der Waals surface area contributed by atoms with Crippen molar-refractivity contribution in [2.75, 3.05) is 23.7 Å². The van der Waals surface area contributed by atoms with Crippen LogP contribution in [0.3, 0.4) is 0 Å². The molecule has 1 fully saturated rings. The van der Waals surface area contributed by atoms with Gasteiger partial charge in [0.1, 0.15) is 5.82 Å². The number of carbonyl (C=O) groups is 1. The molecule has 5 N–H and O–H groups in total. The van der Waals surface area contributed by atoms with Gasteiger partial charge in [-0.2, -0.15) is 0 Å². The van der Waals surface area contributed by atoms with Crippen molar-refractivity contribution in [1.82, 2.24) is 25.5 Å². The van der Waals surface area contributed by atoms with E-state index in [2.05, 4.69) is 45.1 Å². The van der Waals surface area contributed by atoms with Crippen molar-refractivity contribution in [3.05, 3.63) is 99.4 Å². The normalized spacial score (nSPS) is 17.3. The summed E-state index contributed by atoms with van der Waals surface area (Å²) in [6.07, 6.45) is 5.35. The van der Waals surface area contributed by atoms with Crippen LogP contribution >= 0.6 is 11.6 Å². The first-order valence-corrected chi connectivity index (χ1v) is 14.3. The fourth-order valence-electron chi connectivity index (χ4n) is 5.40. The molecule has 0 spiro atoms. The highest BCUT2D eigenvalue weighted by molar-refractivity contribution is 6.30. The SMILES string of the molecule is CC1CN(C(=N)NC(=O)c2ccc(Nc3ncc4c(n3)C=c3cc(Cl)cc(-c5ccccc5F)c3=CN4)cc2)CC(C)N1. The Morgan fingerprint density at radius 1 is 1.07 bits per heavy atom.